The largest absolute Gasteiger partial charge is 0.367 e. The quantitative estimate of drug-likeness (QED) is 0.503. The van der Waals surface area contributed by atoms with Crippen LogP contribution in [0.5, 0.6) is 0 Å². The third-order valence-corrected chi connectivity index (χ3v) is 2.49. The lowest BCUT2D eigenvalue weighted by Crippen LogP contribution is -2.27. The van der Waals surface area contributed by atoms with Crippen LogP contribution in [0.25, 0.3) is 0 Å². The van der Waals surface area contributed by atoms with Crippen LogP contribution < -0.4 is 11.2 Å². The third kappa shape index (κ3) is 4.63. The minimum atomic E-state index is 0.0641. The molecule has 0 bridgehead atoms. The molecule has 0 atom stereocenters. The van der Waals surface area contributed by atoms with Crippen molar-refractivity contribution in [3.05, 3.63) is 34.9 Å². The Hall–Kier alpha value is -1.26. The fraction of sp³-hybridized carbons (Fsp3) is 0.273. The first-order chi connectivity index (χ1) is 8.17. The third-order valence-electron chi connectivity index (χ3n) is 2.06. The van der Waals surface area contributed by atoms with Gasteiger partial charge in [0.15, 0.2) is 0 Å². The molecule has 0 aliphatic heterocycles. The van der Waals surface area contributed by atoms with E-state index in [1.54, 1.807) is 0 Å². The van der Waals surface area contributed by atoms with E-state index in [-0.39, 0.29) is 5.96 Å². The Morgan fingerprint density at radius 3 is 2.53 bits per heavy atom. The molecule has 4 nitrogen and oxygen atoms in total. The van der Waals surface area contributed by atoms with E-state index in [9.17, 15) is 0 Å². The highest BCUT2D eigenvalue weighted by molar-refractivity contribution is 6.30. The van der Waals surface area contributed by atoms with Crippen molar-refractivity contribution in [2.75, 3.05) is 0 Å². The Balaban J connectivity index is 2.88. The van der Waals surface area contributed by atoms with Crippen LogP contribution in [-0.2, 0) is 0 Å². The number of rotatable bonds is 4. The summed E-state index contributed by atoms with van der Waals surface area (Å²) in [6.07, 6.45) is 1.80. The highest BCUT2D eigenvalue weighted by atomic mass is 35.5. The fourth-order valence-electron chi connectivity index (χ4n) is 1.29. The molecule has 0 aliphatic carbocycles. The van der Waals surface area contributed by atoms with Crippen LogP contribution in [0.1, 0.15) is 25.3 Å². The lowest BCUT2D eigenvalue weighted by Gasteiger charge is -2.06. The van der Waals surface area contributed by atoms with Crippen LogP contribution in [0.2, 0.25) is 5.02 Å². The van der Waals surface area contributed by atoms with Gasteiger partial charge in [0.25, 0.3) is 0 Å². The van der Waals surface area contributed by atoms with E-state index in [0.717, 1.165) is 24.1 Å². The number of hydrazone groups is 1. The van der Waals surface area contributed by atoms with Gasteiger partial charge in [0, 0.05) is 16.8 Å². The molecule has 0 saturated carbocycles. The van der Waals surface area contributed by atoms with Crippen molar-refractivity contribution in [1.82, 2.24) is 5.43 Å². The molecule has 0 amide bonds. The average molecular weight is 273 g/mol. The van der Waals surface area contributed by atoms with Crippen molar-refractivity contribution >= 4 is 35.0 Å². The second-order valence-electron chi connectivity index (χ2n) is 3.40. The number of hydrogen-bond donors (Lipinski definition) is 2. The molecule has 3 N–H and O–H groups in total. The van der Waals surface area contributed by atoms with Crippen LogP contribution in [-0.4, -0.2) is 11.7 Å². The van der Waals surface area contributed by atoms with Crippen molar-refractivity contribution in [3.63, 3.8) is 0 Å². The number of halogens is 2. The molecule has 0 aromatic heterocycles. The van der Waals surface area contributed by atoms with Crippen LogP contribution >= 0.6 is 23.4 Å². The van der Waals surface area contributed by atoms with Gasteiger partial charge >= 0.3 is 0 Å². The summed E-state index contributed by atoms with van der Waals surface area (Å²) >= 11 is 11.0. The normalized spacial score (nSPS) is 12.6. The van der Waals surface area contributed by atoms with Crippen molar-refractivity contribution in [2.24, 2.45) is 15.3 Å². The predicted molar refractivity (Wildman–Crippen MR) is 73.5 cm³/mol. The van der Waals surface area contributed by atoms with Gasteiger partial charge in [-0.2, -0.15) is 5.10 Å². The minimum absolute atomic E-state index is 0.0641. The SMILES string of the molecule is CCC/C(=N\N/C(N)=N/Cl)c1ccc(Cl)cc1. The maximum atomic E-state index is 5.83. The number of benzene rings is 1. The topological polar surface area (TPSA) is 62.8 Å². The number of nitrogens with two attached hydrogens (primary N) is 1. The number of nitrogens with zero attached hydrogens (tertiary/aromatic N) is 2. The Morgan fingerprint density at radius 2 is 2.00 bits per heavy atom. The van der Waals surface area contributed by atoms with Gasteiger partial charge in [-0.15, -0.1) is 4.51 Å². The second-order valence-corrected chi connectivity index (χ2v) is 4.00. The highest BCUT2D eigenvalue weighted by Gasteiger charge is 2.03. The molecule has 1 aromatic carbocycles. The minimum Gasteiger partial charge on any atom is -0.367 e. The average Bonchev–Trinajstić information content (AvgIpc) is 2.35. The molecule has 6 heteroatoms. The summed E-state index contributed by atoms with van der Waals surface area (Å²) in [6.45, 7) is 2.07. The first-order valence-corrected chi connectivity index (χ1v) is 5.92. The lowest BCUT2D eigenvalue weighted by atomic mass is 10.1. The van der Waals surface area contributed by atoms with Crippen molar-refractivity contribution in [2.45, 2.75) is 19.8 Å². The zero-order valence-electron chi connectivity index (χ0n) is 9.45. The highest BCUT2D eigenvalue weighted by Crippen LogP contribution is 2.12. The van der Waals surface area contributed by atoms with E-state index < -0.39 is 0 Å². The van der Waals surface area contributed by atoms with E-state index in [1.807, 2.05) is 24.3 Å². The Bertz CT molecular complexity index is 412. The second kappa shape index (κ2) is 7.14. The van der Waals surface area contributed by atoms with Gasteiger partial charge in [-0.25, -0.2) is 5.43 Å². The summed E-state index contributed by atoms with van der Waals surface area (Å²) in [5.41, 5.74) is 9.85. The molecule has 92 valence electrons. The Kier molecular flexibility index (Phi) is 5.80. The number of guanidine groups is 1. The molecule has 0 fully saturated rings. The standard InChI is InChI=1S/C11H14Cl2N4/c1-2-3-10(16-17-11(14)15-13)8-4-6-9(12)7-5-8/h4-7H,2-3H2,1H3,(H3,14,15,17)/b16-10+. The maximum Gasteiger partial charge on any atom is 0.226 e. The molecule has 17 heavy (non-hydrogen) atoms. The summed E-state index contributed by atoms with van der Waals surface area (Å²) in [7, 11) is 0. The van der Waals surface area contributed by atoms with Crippen LogP contribution in [0.4, 0.5) is 0 Å². The zero-order valence-corrected chi connectivity index (χ0v) is 11.0. The summed E-state index contributed by atoms with van der Waals surface area (Å²) in [5.74, 6) is 0.0641. The summed E-state index contributed by atoms with van der Waals surface area (Å²) in [5, 5.41) is 4.86. The summed E-state index contributed by atoms with van der Waals surface area (Å²) < 4.78 is 3.26. The number of hydrogen-bond acceptors (Lipinski definition) is 2. The molecule has 0 heterocycles. The fourth-order valence-corrected chi connectivity index (χ4v) is 1.45. The van der Waals surface area contributed by atoms with Gasteiger partial charge in [-0.3, -0.25) is 0 Å². The lowest BCUT2D eigenvalue weighted by molar-refractivity contribution is 0.945. The first-order valence-electron chi connectivity index (χ1n) is 5.20. The Labute approximate surface area is 111 Å². The molecular formula is C11H14Cl2N4. The molecule has 0 unspecified atom stereocenters. The van der Waals surface area contributed by atoms with E-state index in [4.69, 9.17) is 29.1 Å². The van der Waals surface area contributed by atoms with Crippen LogP contribution in [0.15, 0.2) is 33.9 Å². The van der Waals surface area contributed by atoms with E-state index in [1.165, 1.54) is 0 Å². The van der Waals surface area contributed by atoms with Gasteiger partial charge in [-0.05, 0) is 24.1 Å². The predicted octanol–water partition coefficient (Wildman–Crippen LogP) is 2.90. The van der Waals surface area contributed by atoms with Gasteiger partial charge < -0.3 is 5.73 Å². The van der Waals surface area contributed by atoms with Crippen molar-refractivity contribution in [3.8, 4) is 0 Å². The maximum absolute atomic E-state index is 5.83. The molecule has 0 saturated heterocycles. The zero-order chi connectivity index (χ0) is 12.7. The van der Waals surface area contributed by atoms with Crippen LogP contribution in [0.3, 0.4) is 0 Å². The summed E-state index contributed by atoms with van der Waals surface area (Å²) in [6, 6.07) is 7.46. The Morgan fingerprint density at radius 1 is 1.35 bits per heavy atom. The van der Waals surface area contributed by atoms with Gasteiger partial charge in [0.1, 0.15) is 0 Å². The van der Waals surface area contributed by atoms with E-state index in [0.29, 0.717) is 5.02 Å². The molecule has 1 rings (SSSR count). The molecule has 0 spiro atoms. The molecule has 0 aliphatic rings. The van der Waals surface area contributed by atoms with Gasteiger partial charge in [0.2, 0.25) is 5.96 Å². The van der Waals surface area contributed by atoms with Crippen molar-refractivity contribution < 1.29 is 0 Å². The smallest absolute Gasteiger partial charge is 0.226 e. The molecule has 0 radical (unpaired) electrons. The first kappa shape index (κ1) is 13.8. The summed E-state index contributed by atoms with van der Waals surface area (Å²) in [4.78, 5) is 0. The molecule has 1 aromatic rings. The number of nitrogens with one attached hydrogen (secondary N) is 1. The monoisotopic (exact) mass is 272 g/mol. The van der Waals surface area contributed by atoms with Crippen LogP contribution in [0, 0.1) is 0 Å². The van der Waals surface area contributed by atoms with Crippen molar-refractivity contribution in [1.29, 1.82) is 0 Å². The van der Waals surface area contributed by atoms with Gasteiger partial charge in [-0.1, -0.05) is 37.1 Å². The van der Waals surface area contributed by atoms with Gasteiger partial charge in [0.05, 0.1) is 5.71 Å². The van der Waals surface area contributed by atoms with E-state index in [2.05, 4.69) is 22.0 Å². The van der Waals surface area contributed by atoms with E-state index >= 15 is 0 Å². The molecular weight excluding hydrogens is 259 g/mol.